The van der Waals surface area contributed by atoms with Crippen molar-refractivity contribution in [3.63, 3.8) is 0 Å². The van der Waals surface area contributed by atoms with Crippen molar-refractivity contribution >= 4 is 16.9 Å². The number of rotatable bonds is 4. The Morgan fingerprint density at radius 2 is 2.00 bits per heavy atom. The van der Waals surface area contributed by atoms with Gasteiger partial charge in [0.25, 0.3) is 5.56 Å². The first-order valence-electron chi connectivity index (χ1n) is 9.51. The Kier molecular flexibility index (Phi) is 4.93. The molecule has 0 radical (unpaired) electrons. The lowest BCUT2D eigenvalue weighted by molar-refractivity contribution is -0.123. The van der Waals surface area contributed by atoms with Crippen molar-refractivity contribution in [1.82, 2.24) is 24.6 Å². The number of carbonyl (C=O) groups excluding carboxylic acids is 1. The highest BCUT2D eigenvalue weighted by atomic mass is 19.1. The molecule has 3 aromatic rings. The average Bonchev–Trinajstić information content (AvgIpc) is 3.11. The molecule has 2 atom stereocenters. The fourth-order valence-corrected chi connectivity index (χ4v) is 3.77. The molecule has 4 rings (SSSR count). The summed E-state index contributed by atoms with van der Waals surface area (Å²) in [4.78, 5) is 29.5. The van der Waals surface area contributed by atoms with Gasteiger partial charge >= 0.3 is 0 Å². The van der Waals surface area contributed by atoms with Crippen LogP contribution >= 0.6 is 0 Å². The highest BCUT2D eigenvalue weighted by Gasteiger charge is 2.23. The average molecular weight is 383 g/mol. The van der Waals surface area contributed by atoms with E-state index in [2.05, 4.69) is 22.3 Å². The van der Waals surface area contributed by atoms with E-state index < -0.39 is 0 Å². The summed E-state index contributed by atoms with van der Waals surface area (Å²) in [6.07, 6.45) is 7.18. The molecule has 1 aliphatic carbocycles. The lowest BCUT2D eigenvalue weighted by atomic mass is 9.86. The standard InChI is InChI=1S/C20H22FN5O2/c1-13-4-2-3-5-17(13)24-18(27)11-25-12-22-19-16(20(25)28)10-23-26(19)15-8-6-14(21)7-9-15/h6-10,12-13,17H,2-5,11H2,1H3,(H,24,27)/t13-,17+/m1/s1. The normalized spacial score (nSPS) is 19.6. The highest BCUT2D eigenvalue weighted by Crippen LogP contribution is 2.23. The van der Waals surface area contributed by atoms with Gasteiger partial charge in [0.1, 0.15) is 24.1 Å². The number of nitrogens with zero attached hydrogens (tertiary/aromatic N) is 4. The highest BCUT2D eigenvalue weighted by molar-refractivity contribution is 5.78. The summed E-state index contributed by atoms with van der Waals surface area (Å²) in [7, 11) is 0. The van der Waals surface area contributed by atoms with Crippen molar-refractivity contribution in [1.29, 1.82) is 0 Å². The number of carbonyl (C=O) groups is 1. The van der Waals surface area contributed by atoms with Gasteiger partial charge in [-0.1, -0.05) is 19.8 Å². The Bertz CT molecular complexity index is 1060. The molecule has 1 N–H and O–H groups in total. The minimum absolute atomic E-state index is 0.0767. The largest absolute Gasteiger partial charge is 0.352 e. The number of hydrogen-bond acceptors (Lipinski definition) is 4. The van der Waals surface area contributed by atoms with Gasteiger partial charge in [-0.3, -0.25) is 14.2 Å². The summed E-state index contributed by atoms with van der Waals surface area (Å²) in [6, 6.07) is 5.93. The number of hydrogen-bond donors (Lipinski definition) is 1. The van der Waals surface area contributed by atoms with Gasteiger partial charge in [0.05, 0.1) is 11.9 Å². The Morgan fingerprint density at radius 1 is 1.25 bits per heavy atom. The fourth-order valence-electron chi connectivity index (χ4n) is 3.77. The van der Waals surface area contributed by atoms with Crippen LogP contribution in [0.3, 0.4) is 0 Å². The Hall–Kier alpha value is -3.03. The van der Waals surface area contributed by atoms with Crippen LogP contribution in [-0.4, -0.2) is 31.3 Å². The topological polar surface area (TPSA) is 81.8 Å². The SMILES string of the molecule is C[C@@H]1CCCC[C@@H]1NC(=O)Cn1cnc2c(cnn2-c2ccc(F)cc2)c1=O. The maximum atomic E-state index is 13.1. The first-order chi connectivity index (χ1) is 13.5. The van der Waals surface area contributed by atoms with Gasteiger partial charge in [0.2, 0.25) is 5.91 Å². The number of halogens is 1. The number of aromatic nitrogens is 4. The van der Waals surface area contributed by atoms with E-state index in [9.17, 15) is 14.0 Å². The summed E-state index contributed by atoms with van der Waals surface area (Å²) in [5, 5.41) is 7.55. The van der Waals surface area contributed by atoms with Crippen LogP contribution in [-0.2, 0) is 11.3 Å². The fraction of sp³-hybridized carbons (Fsp3) is 0.400. The Morgan fingerprint density at radius 3 is 2.75 bits per heavy atom. The second kappa shape index (κ2) is 7.53. The molecule has 146 valence electrons. The maximum Gasteiger partial charge on any atom is 0.264 e. The lowest BCUT2D eigenvalue weighted by Gasteiger charge is -2.29. The van der Waals surface area contributed by atoms with Gasteiger partial charge in [-0.25, -0.2) is 14.1 Å². The van der Waals surface area contributed by atoms with E-state index in [0.717, 1.165) is 19.3 Å². The van der Waals surface area contributed by atoms with Crippen molar-refractivity contribution in [2.75, 3.05) is 0 Å². The van der Waals surface area contributed by atoms with E-state index in [1.54, 1.807) is 12.1 Å². The molecule has 1 aromatic carbocycles. The maximum absolute atomic E-state index is 13.1. The van der Waals surface area contributed by atoms with Crippen molar-refractivity contribution in [2.24, 2.45) is 5.92 Å². The second-order valence-corrected chi connectivity index (χ2v) is 7.38. The predicted octanol–water partition coefficient (Wildman–Crippen LogP) is 2.42. The van der Waals surface area contributed by atoms with Crippen molar-refractivity contribution in [2.45, 2.75) is 45.2 Å². The zero-order valence-corrected chi connectivity index (χ0v) is 15.6. The third-order valence-corrected chi connectivity index (χ3v) is 5.40. The predicted molar refractivity (Wildman–Crippen MR) is 103 cm³/mol. The van der Waals surface area contributed by atoms with E-state index in [4.69, 9.17) is 0 Å². The Labute approximate surface area is 161 Å². The molecule has 8 heteroatoms. The monoisotopic (exact) mass is 383 g/mol. The van der Waals surface area contributed by atoms with Gasteiger partial charge in [-0.2, -0.15) is 5.10 Å². The summed E-state index contributed by atoms with van der Waals surface area (Å²) >= 11 is 0. The minimum atomic E-state index is -0.353. The van der Waals surface area contributed by atoms with Crippen molar-refractivity contribution in [3.8, 4) is 5.69 Å². The molecular weight excluding hydrogens is 361 g/mol. The van der Waals surface area contributed by atoms with Crippen LogP contribution in [0.25, 0.3) is 16.7 Å². The lowest BCUT2D eigenvalue weighted by Crippen LogP contribution is -2.43. The number of benzene rings is 1. The molecule has 0 spiro atoms. The molecule has 1 saturated carbocycles. The van der Waals surface area contributed by atoms with Gasteiger partial charge in [0, 0.05) is 6.04 Å². The first-order valence-corrected chi connectivity index (χ1v) is 9.51. The van der Waals surface area contributed by atoms with E-state index in [1.807, 2.05) is 0 Å². The summed E-state index contributed by atoms with van der Waals surface area (Å²) < 4.78 is 15.9. The molecular formula is C20H22FN5O2. The molecule has 1 amide bonds. The summed E-state index contributed by atoms with van der Waals surface area (Å²) in [5.74, 6) is -0.0919. The van der Waals surface area contributed by atoms with E-state index in [-0.39, 0.29) is 29.9 Å². The second-order valence-electron chi connectivity index (χ2n) is 7.38. The third kappa shape index (κ3) is 3.54. The zero-order valence-electron chi connectivity index (χ0n) is 15.6. The van der Waals surface area contributed by atoms with Crippen LogP contribution in [0, 0.1) is 11.7 Å². The van der Waals surface area contributed by atoms with Crippen molar-refractivity contribution in [3.05, 3.63) is 53.0 Å². The molecule has 0 unspecified atom stereocenters. The van der Waals surface area contributed by atoms with Gasteiger partial charge < -0.3 is 5.32 Å². The molecule has 2 heterocycles. The molecule has 0 bridgehead atoms. The molecule has 0 saturated heterocycles. The molecule has 0 aliphatic heterocycles. The van der Waals surface area contributed by atoms with Gasteiger partial charge in [0.15, 0.2) is 5.65 Å². The quantitative estimate of drug-likeness (QED) is 0.750. The first kappa shape index (κ1) is 18.3. The van der Waals surface area contributed by atoms with Crippen LogP contribution in [0.4, 0.5) is 4.39 Å². The van der Waals surface area contributed by atoms with E-state index in [1.165, 1.54) is 40.3 Å². The molecule has 1 aliphatic rings. The van der Waals surface area contributed by atoms with Crippen LogP contribution in [0.1, 0.15) is 32.6 Å². The number of fused-ring (bicyclic) bond motifs is 1. The van der Waals surface area contributed by atoms with Crippen LogP contribution in [0.15, 0.2) is 41.6 Å². The van der Waals surface area contributed by atoms with Gasteiger partial charge in [-0.05, 0) is 43.0 Å². The van der Waals surface area contributed by atoms with Crippen LogP contribution in [0.5, 0.6) is 0 Å². The van der Waals surface area contributed by atoms with Crippen molar-refractivity contribution < 1.29 is 9.18 Å². The molecule has 1 fully saturated rings. The summed E-state index contributed by atoms with van der Waals surface area (Å²) in [6.45, 7) is 2.07. The smallest absolute Gasteiger partial charge is 0.264 e. The van der Waals surface area contributed by atoms with Gasteiger partial charge in [-0.15, -0.1) is 0 Å². The minimum Gasteiger partial charge on any atom is -0.352 e. The number of nitrogens with one attached hydrogen (secondary N) is 1. The van der Waals surface area contributed by atoms with Crippen LogP contribution < -0.4 is 10.9 Å². The Balaban J connectivity index is 1.56. The zero-order chi connectivity index (χ0) is 19.7. The van der Waals surface area contributed by atoms with E-state index >= 15 is 0 Å². The number of amides is 1. The molecule has 7 nitrogen and oxygen atoms in total. The third-order valence-electron chi connectivity index (χ3n) is 5.40. The van der Waals surface area contributed by atoms with E-state index in [0.29, 0.717) is 22.6 Å². The molecule has 2 aromatic heterocycles. The molecule has 28 heavy (non-hydrogen) atoms. The van der Waals surface area contributed by atoms with Crippen LogP contribution in [0.2, 0.25) is 0 Å². The summed E-state index contributed by atoms with van der Waals surface area (Å²) in [5.41, 5.74) is 0.643.